The van der Waals surface area contributed by atoms with E-state index in [1.54, 1.807) is 12.1 Å². The van der Waals surface area contributed by atoms with E-state index in [9.17, 15) is 4.39 Å². The topological polar surface area (TPSA) is 15.3 Å². The van der Waals surface area contributed by atoms with Crippen LogP contribution in [0.3, 0.4) is 0 Å². The summed E-state index contributed by atoms with van der Waals surface area (Å²) >= 11 is 0. The van der Waals surface area contributed by atoms with Gasteiger partial charge in [0.25, 0.3) is 0 Å². The van der Waals surface area contributed by atoms with Crippen LogP contribution in [0, 0.1) is 11.7 Å². The highest BCUT2D eigenvalue weighted by Crippen LogP contribution is 2.24. The summed E-state index contributed by atoms with van der Waals surface area (Å²) in [4.78, 5) is 2.39. The molecule has 19 heavy (non-hydrogen) atoms. The van der Waals surface area contributed by atoms with Crippen molar-refractivity contribution in [3.63, 3.8) is 0 Å². The fourth-order valence-corrected chi connectivity index (χ4v) is 2.94. The van der Waals surface area contributed by atoms with Crippen molar-refractivity contribution < 1.29 is 4.39 Å². The van der Waals surface area contributed by atoms with E-state index in [-0.39, 0.29) is 11.9 Å². The molecule has 1 aromatic rings. The molecule has 1 aliphatic heterocycles. The Kier molecular flexibility index (Phi) is 4.94. The molecule has 1 aromatic carbocycles. The number of piperazine rings is 1. The second kappa shape index (κ2) is 6.49. The Labute approximate surface area is 116 Å². The molecule has 0 bridgehead atoms. The van der Waals surface area contributed by atoms with Crippen molar-refractivity contribution in [2.45, 2.75) is 39.3 Å². The van der Waals surface area contributed by atoms with Crippen LogP contribution in [0.15, 0.2) is 24.3 Å². The van der Waals surface area contributed by atoms with Crippen molar-refractivity contribution >= 4 is 0 Å². The molecule has 1 heterocycles. The van der Waals surface area contributed by atoms with Gasteiger partial charge in [0.05, 0.1) is 0 Å². The first kappa shape index (κ1) is 14.5. The first-order valence-electron chi connectivity index (χ1n) is 7.29. The van der Waals surface area contributed by atoms with E-state index < -0.39 is 0 Å². The lowest BCUT2D eigenvalue weighted by atomic mass is 9.99. The number of nitrogens with one attached hydrogen (secondary N) is 1. The zero-order valence-electron chi connectivity index (χ0n) is 12.2. The van der Waals surface area contributed by atoms with Crippen molar-refractivity contribution in [1.82, 2.24) is 10.2 Å². The van der Waals surface area contributed by atoms with Crippen LogP contribution in [0.2, 0.25) is 0 Å². The minimum Gasteiger partial charge on any atom is -0.311 e. The number of benzene rings is 1. The highest BCUT2D eigenvalue weighted by atomic mass is 19.1. The van der Waals surface area contributed by atoms with Gasteiger partial charge in [-0.2, -0.15) is 0 Å². The molecule has 1 saturated heterocycles. The largest absolute Gasteiger partial charge is 0.311 e. The van der Waals surface area contributed by atoms with Gasteiger partial charge in [0.2, 0.25) is 0 Å². The summed E-state index contributed by atoms with van der Waals surface area (Å²) in [7, 11) is 0. The summed E-state index contributed by atoms with van der Waals surface area (Å²) in [5, 5.41) is 3.57. The molecule has 2 unspecified atom stereocenters. The van der Waals surface area contributed by atoms with Crippen LogP contribution in [-0.4, -0.2) is 30.6 Å². The lowest BCUT2D eigenvalue weighted by Gasteiger charge is -2.38. The Morgan fingerprint density at radius 3 is 2.74 bits per heavy atom. The summed E-state index contributed by atoms with van der Waals surface area (Å²) < 4.78 is 13.9. The molecule has 0 aliphatic carbocycles. The average molecular weight is 264 g/mol. The Hall–Kier alpha value is -0.930. The van der Waals surface area contributed by atoms with Crippen molar-refractivity contribution in [2.75, 3.05) is 19.6 Å². The van der Waals surface area contributed by atoms with Crippen LogP contribution in [0.4, 0.5) is 4.39 Å². The third-order valence-corrected chi connectivity index (χ3v) is 3.95. The Balaban J connectivity index is 2.03. The minimum atomic E-state index is -0.0889. The van der Waals surface area contributed by atoms with E-state index >= 15 is 0 Å². The second-order valence-electron chi connectivity index (χ2n) is 5.97. The Morgan fingerprint density at radius 2 is 2.05 bits per heavy atom. The predicted molar refractivity (Wildman–Crippen MR) is 77.6 cm³/mol. The van der Waals surface area contributed by atoms with Crippen molar-refractivity contribution in [3.8, 4) is 0 Å². The predicted octanol–water partition coefficient (Wildman–Crippen LogP) is 3.21. The van der Waals surface area contributed by atoms with E-state index in [0.717, 1.165) is 25.2 Å². The van der Waals surface area contributed by atoms with Gasteiger partial charge in [-0.15, -0.1) is 0 Å². The van der Waals surface area contributed by atoms with E-state index in [0.29, 0.717) is 12.0 Å². The average Bonchev–Trinajstić information content (AvgIpc) is 2.38. The van der Waals surface area contributed by atoms with E-state index in [2.05, 4.69) is 31.0 Å². The van der Waals surface area contributed by atoms with Crippen molar-refractivity contribution in [2.24, 2.45) is 5.92 Å². The van der Waals surface area contributed by atoms with E-state index in [1.807, 2.05) is 12.1 Å². The van der Waals surface area contributed by atoms with Crippen molar-refractivity contribution in [3.05, 3.63) is 35.6 Å². The minimum absolute atomic E-state index is 0.0889. The van der Waals surface area contributed by atoms with Crippen LogP contribution in [0.25, 0.3) is 0 Å². The SMILES string of the molecule is CC(C)CC1CN(C(C)c2ccccc2F)CCN1. The number of hydrogen-bond acceptors (Lipinski definition) is 2. The van der Waals surface area contributed by atoms with Gasteiger partial charge in [0, 0.05) is 37.3 Å². The Morgan fingerprint density at radius 1 is 1.32 bits per heavy atom. The third-order valence-electron chi connectivity index (χ3n) is 3.95. The maximum Gasteiger partial charge on any atom is 0.127 e. The second-order valence-corrected chi connectivity index (χ2v) is 5.97. The van der Waals surface area contributed by atoms with Crippen LogP contribution in [-0.2, 0) is 0 Å². The van der Waals surface area contributed by atoms with Gasteiger partial charge < -0.3 is 5.32 Å². The summed E-state index contributed by atoms with van der Waals surface area (Å²) in [6, 6.07) is 7.81. The molecule has 106 valence electrons. The number of nitrogens with zero attached hydrogens (tertiary/aromatic N) is 1. The summed E-state index contributed by atoms with van der Waals surface area (Å²) in [6.45, 7) is 9.60. The lowest BCUT2D eigenvalue weighted by molar-refractivity contribution is 0.141. The molecule has 1 aliphatic rings. The number of hydrogen-bond donors (Lipinski definition) is 1. The summed E-state index contributed by atoms with van der Waals surface area (Å²) in [5.74, 6) is 0.607. The number of rotatable bonds is 4. The highest BCUT2D eigenvalue weighted by Gasteiger charge is 2.25. The maximum atomic E-state index is 13.9. The summed E-state index contributed by atoms with van der Waals surface area (Å²) in [5.41, 5.74) is 0.813. The molecule has 0 aromatic heterocycles. The van der Waals surface area contributed by atoms with Gasteiger partial charge in [0.1, 0.15) is 5.82 Å². The van der Waals surface area contributed by atoms with Gasteiger partial charge in [-0.05, 0) is 25.3 Å². The molecule has 0 amide bonds. The van der Waals surface area contributed by atoms with Crippen LogP contribution >= 0.6 is 0 Å². The normalized spacial score (nSPS) is 22.7. The van der Waals surface area contributed by atoms with Crippen LogP contribution in [0.5, 0.6) is 0 Å². The van der Waals surface area contributed by atoms with Crippen molar-refractivity contribution in [1.29, 1.82) is 0 Å². The monoisotopic (exact) mass is 264 g/mol. The molecule has 0 spiro atoms. The summed E-state index contributed by atoms with van der Waals surface area (Å²) in [6.07, 6.45) is 1.18. The molecule has 1 N–H and O–H groups in total. The quantitative estimate of drug-likeness (QED) is 0.898. The van der Waals surface area contributed by atoms with Crippen LogP contribution < -0.4 is 5.32 Å². The zero-order chi connectivity index (χ0) is 13.8. The number of halogens is 1. The fraction of sp³-hybridized carbons (Fsp3) is 0.625. The standard InChI is InChI=1S/C16H25FN2/c1-12(2)10-14-11-19(9-8-18-14)13(3)15-6-4-5-7-16(15)17/h4-7,12-14,18H,8-11H2,1-3H3. The molecule has 2 atom stereocenters. The smallest absolute Gasteiger partial charge is 0.127 e. The van der Waals surface area contributed by atoms with E-state index in [4.69, 9.17) is 0 Å². The van der Waals surface area contributed by atoms with Crippen LogP contribution in [0.1, 0.15) is 38.8 Å². The molecule has 2 nitrogen and oxygen atoms in total. The van der Waals surface area contributed by atoms with Gasteiger partial charge in [-0.1, -0.05) is 32.0 Å². The Bertz CT molecular complexity index is 405. The molecule has 1 fully saturated rings. The molecule has 0 saturated carbocycles. The zero-order valence-corrected chi connectivity index (χ0v) is 12.2. The lowest BCUT2D eigenvalue weighted by Crippen LogP contribution is -2.51. The molecule has 2 rings (SSSR count). The third kappa shape index (κ3) is 3.77. The molecule has 0 radical (unpaired) electrons. The first-order valence-corrected chi connectivity index (χ1v) is 7.29. The van der Waals surface area contributed by atoms with Gasteiger partial charge in [0.15, 0.2) is 0 Å². The van der Waals surface area contributed by atoms with Gasteiger partial charge in [-0.3, -0.25) is 4.90 Å². The molecular formula is C16H25FN2. The maximum absolute atomic E-state index is 13.9. The molecule has 3 heteroatoms. The first-order chi connectivity index (χ1) is 9.08. The highest BCUT2D eigenvalue weighted by molar-refractivity contribution is 5.20. The molecular weight excluding hydrogens is 239 g/mol. The van der Waals surface area contributed by atoms with E-state index in [1.165, 1.54) is 6.42 Å². The van der Waals surface area contributed by atoms with Gasteiger partial charge in [-0.25, -0.2) is 4.39 Å². The fourth-order valence-electron chi connectivity index (χ4n) is 2.94. The van der Waals surface area contributed by atoms with Gasteiger partial charge >= 0.3 is 0 Å².